The van der Waals surface area contributed by atoms with Crippen LogP contribution in [0.5, 0.6) is 0 Å². The zero-order chi connectivity index (χ0) is 27.5. The number of carbonyl (C=O) groups is 1. The summed E-state index contributed by atoms with van der Waals surface area (Å²) in [4.78, 5) is 26.7. The molecule has 0 unspecified atom stereocenters. The highest BCUT2D eigenvalue weighted by atomic mass is 19.4. The number of halogens is 3. The molecule has 0 saturated heterocycles. The summed E-state index contributed by atoms with van der Waals surface area (Å²) in [5.41, 5.74) is 3.08. The Morgan fingerprint density at radius 3 is 2.67 bits per heavy atom. The van der Waals surface area contributed by atoms with Crippen molar-refractivity contribution in [3.8, 4) is 11.6 Å². The average Bonchev–Trinajstić information content (AvgIpc) is 3.59. The number of hydrogen-bond acceptors (Lipinski definition) is 6. The maximum absolute atomic E-state index is 13.9. The summed E-state index contributed by atoms with van der Waals surface area (Å²) in [5.74, 6) is 1.01. The van der Waals surface area contributed by atoms with Gasteiger partial charge in [-0.05, 0) is 63.4 Å². The van der Waals surface area contributed by atoms with Crippen LogP contribution in [0, 0.1) is 6.92 Å². The molecule has 4 aromatic heterocycles. The van der Waals surface area contributed by atoms with Crippen LogP contribution in [-0.4, -0.2) is 53.6 Å². The van der Waals surface area contributed by atoms with E-state index in [1.54, 1.807) is 30.1 Å². The fraction of sp³-hybridized carbons (Fsp3) is 0.259. The second-order valence-corrected chi connectivity index (χ2v) is 9.77. The average molecular weight is 535 g/mol. The second-order valence-electron chi connectivity index (χ2n) is 9.77. The van der Waals surface area contributed by atoms with Crippen LogP contribution in [0.2, 0.25) is 0 Å². The number of aryl methyl sites for hydroxylation is 1. The minimum absolute atomic E-state index is 0.0681. The molecule has 9 nitrogen and oxygen atoms in total. The summed E-state index contributed by atoms with van der Waals surface area (Å²) >= 11 is 0. The molecule has 0 bridgehead atoms. The number of ketones is 1. The lowest BCUT2D eigenvalue weighted by atomic mass is 10.1. The highest BCUT2D eigenvalue weighted by Crippen LogP contribution is 2.36. The Kier molecular flexibility index (Phi) is 5.79. The van der Waals surface area contributed by atoms with Crippen LogP contribution >= 0.6 is 0 Å². The Hall–Kier alpha value is -4.45. The van der Waals surface area contributed by atoms with E-state index in [0.29, 0.717) is 30.0 Å². The molecule has 39 heavy (non-hydrogen) atoms. The van der Waals surface area contributed by atoms with Gasteiger partial charge in [0.25, 0.3) is 0 Å². The summed E-state index contributed by atoms with van der Waals surface area (Å²) in [5, 5.41) is 7.26. The first kappa shape index (κ1) is 24.9. The van der Waals surface area contributed by atoms with Crippen LogP contribution in [0.1, 0.15) is 39.9 Å². The van der Waals surface area contributed by atoms with E-state index in [2.05, 4.69) is 25.4 Å². The van der Waals surface area contributed by atoms with Gasteiger partial charge in [0.15, 0.2) is 17.3 Å². The Morgan fingerprint density at radius 1 is 1.13 bits per heavy atom. The number of Topliss-reactive ketones (excluding diaryl/α,β-unsaturated/α-hetero) is 1. The number of fused-ring (bicyclic) bond motifs is 2. The number of nitrogens with one attached hydrogen (secondary N) is 2. The normalized spacial score (nSPS) is 14.1. The first-order valence-corrected chi connectivity index (χ1v) is 12.4. The third kappa shape index (κ3) is 4.46. The molecule has 0 fully saturated rings. The number of aromatic amines is 1. The highest BCUT2D eigenvalue weighted by Gasteiger charge is 2.41. The first-order chi connectivity index (χ1) is 18.6. The maximum Gasteiger partial charge on any atom is 0.435 e. The van der Waals surface area contributed by atoms with Gasteiger partial charge in [0, 0.05) is 36.5 Å². The highest BCUT2D eigenvalue weighted by molar-refractivity contribution is 5.97. The maximum atomic E-state index is 13.9. The van der Waals surface area contributed by atoms with Gasteiger partial charge in [-0.25, -0.2) is 14.6 Å². The van der Waals surface area contributed by atoms with E-state index in [4.69, 9.17) is 0 Å². The largest absolute Gasteiger partial charge is 0.435 e. The standard InChI is InChI=1S/C27H25F3N8O/c1-15-4-8-23(32-15)33-17-5-7-22-20(12-17)31-14-37(22)24-9-6-18(16(2)39)26(34-24)38-21-10-11-36(3)13-19(21)25(35-38)27(28,29)30/h4-9,12,14,32-33H,10-11,13H2,1-3H3. The smallest absolute Gasteiger partial charge is 0.346 e. The molecule has 0 aliphatic carbocycles. The van der Waals surface area contributed by atoms with Crippen LogP contribution < -0.4 is 5.32 Å². The fourth-order valence-corrected chi connectivity index (χ4v) is 4.97. The molecular weight excluding hydrogens is 509 g/mol. The molecule has 0 radical (unpaired) electrons. The number of pyridine rings is 1. The quantitative estimate of drug-likeness (QED) is 0.301. The van der Waals surface area contributed by atoms with Gasteiger partial charge in [-0.15, -0.1) is 0 Å². The van der Waals surface area contributed by atoms with Crippen molar-refractivity contribution in [3.63, 3.8) is 0 Å². The van der Waals surface area contributed by atoms with E-state index in [-0.39, 0.29) is 29.3 Å². The lowest BCUT2D eigenvalue weighted by molar-refractivity contribution is -0.142. The van der Waals surface area contributed by atoms with E-state index in [1.165, 1.54) is 11.6 Å². The van der Waals surface area contributed by atoms with E-state index in [1.807, 2.05) is 42.2 Å². The minimum Gasteiger partial charge on any atom is -0.346 e. The predicted octanol–water partition coefficient (Wildman–Crippen LogP) is 5.20. The van der Waals surface area contributed by atoms with Gasteiger partial charge in [0.1, 0.15) is 18.0 Å². The zero-order valence-corrected chi connectivity index (χ0v) is 21.5. The summed E-state index contributed by atoms with van der Waals surface area (Å²) in [7, 11) is 1.77. The molecule has 1 aromatic carbocycles. The number of aromatic nitrogens is 6. The lowest BCUT2D eigenvalue weighted by Gasteiger charge is -2.24. The van der Waals surface area contributed by atoms with Crippen molar-refractivity contribution in [2.75, 3.05) is 18.9 Å². The second kappa shape index (κ2) is 9.09. The minimum atomic E-state index is -4.63. The molecule has 0 amide bonds. The number of alkyl halides is 3. The molecule has 0 spiro atoms. The number of carbonyl (C=O) groups excluding carboxylic acids is 1. The summed E-state index contributed by atoms with van der Waals surface area (Å²) in [6, 6.07) is 12.8. The molecule has 12 heteroatoms. The van der Waals surface area contributed by atoms with Gasteiger partial charge in [0.2, 0.25) is 0 Å². The topological polar surface area (TPSA) is 96.7 Å². The van der Waals surface area contributed by atoms with Gasteiger partial charge >= 0.3 is 6.18 Å². The van der Waals surface area contributed by atoms with Crippen LogP contribution in [-0.2, 0) is 19.1 Å². The van der Waals surface area contributed by atoms with Crippen molar-refractivity contribution in [3.05, 3.63) is 77.0 Å². The first-order valence-electron chi connectivity index (χ1n) is 12.4. The Morgan fingerprint density at radius 2 is 1.95 bits per heavy atom. The zero-order valence-electron chi connectivity index (χ0n) is 21.5. The van der Waals surface area contributed by atoms with E-state index >= 15 is 0 Å². The molecule has 2 N–H and O–H groups in total. The molecule has 0 saturated carbocycles. The van der Waals surface area contributed by atoms with E-state index in [0.717, 1.165) is 22.7 Å². The number of likely N-dealkylation sites (N-methyl/N-ethyl adjacent to an activating group) is 1. The fourth-order valence-electron chi connectivity index (χ4n) is 4.97. The molecular formula is C27H25F3N8O. The predicted molar refractivity (Wildman–Crippen MR) is 140 cm³/mol. The van der Waals surface area contributed by atoms with Crippen molar-refractivity contribution in [2.45, 2.75) is 33.0 Å². The van der Waals surface area contributed by atoms with E-state index in [9.17, 15) is 18.0 Å². The number of hydrogen-bond donors (Lipinski definition) is 2. The molecule has 6 rings (SSSR count). The SMILES string of the molecule is CC(=O)c1ccc(-n2cnc3cc(Nc4ccc(C)[nH]4)ccc32)nc1-n1nc(C(F)(F)F)c2c1CCN(C)C2. The molecule has 200 valence electrons. The Labute approximate surface area is 221 Å². The monoisotopic (exact) mass is 534 g/mol. The van der Waals surface area contributed by atoms with Crippen LogP contribution in [0.25, 0.3) is 22.7 Å². The number of rotatable bonds is 5. The van der Waals surface area contributed by atoms with Gasteiger partial charge < -0.3 is 15.2 Å². The number of benzene rings is 1. The number of nitrogens with zero attached hydrogens (tertiary/aromatic N) is 6. The summed E-state index contributed by atoms with van der Waals surface area (Å²) in [6.45, 7) is 4.01. The van der Waals surface area contributed by atoms with Gasteiger partial charge in [0.05, 0.1) is 22.3 Å². The van der Waals surface area contributed by atoms with Crippen molar-refractivity contribution < 1.29 is 18.0 Å². The van der Waals surface area contributed by atoms with Crippen LogP contribution in [0.3, 0.4) is 0 Å². The lowest BCUT2D eigenvalue weighted by Crippen LogP contribution is -2.28. The Bertz CT molecular complexity index is 1730. The van der Waals surface area contributed by atoms with Gasteiger partial charge in [-0.3, -0.25) is 9.36 Å². The molecule has 0 atom stereocenters. The van der Waals surface area contributed by atoms with Crippen molar-refractivity contribution in [1.29, 1.82) is 0 Å². The van der Waals surface area contributed by atoms with Crippen LogP contribution in [0.4, 0.5) is 24.7 Å². The number of H-pyrrole nitrogens is 1. The van der Waals surface area contributed by atoms with Crippen molar-refractivity contribution in [2.24, 2.45) is 0 Å². The summed E-state index contributed by atoms with van der Waals surface area (Å²) in [6.07, 6.45) is -2.68. The Balaban J connectivity index is 1.45. The van der Waals surface area contributed by atoms with Crippen molar-refractivity contribution in [1.82, 2.24) is 34.2 Å². The number of anilines is 2. The summed E-state index contributed by atoms with van der Waals surface area (Å²) < 4.78 is 44.8. The molecule has 5 heterocycles. The third-order valence-corrected chi connectivity index (χ3v) is 6.86. The molecule has 1 aliphatic heterocycles. The van der Waals surface area contributed by atoms with Crippen molar-refractivity contribution >= 4 is 28.3 Å². The molecule has 5 aromatic rings. The number of imidazole rings is 1. The van der Waals surface area contributed by atoms with Gasteiger partial charge in [-0.2, -0.15) is 18.3 Å². The van der Waals surface area contributed by atoms with Gasteiger partial charge in [-0.1, -0.05) is 0 Å². The van der Waals surface area contributed by atoms with Crippen LogP contribution in [0.15, 0.2) is 48.8 Å². The van der Waals surface area contributed by atoms with E-state index < -0.39 is 11.9 Å². The molecule has 1 aliphatic rings. The third-order valence-electron chi connectivity index (χ3n) is 6.86.